The normalized spacial score (nSPS) is 13.4. The monoisotopic (exact) mass is 257 g/mol. The molecule has 18 heavy (non-hydrogen) atoms. The van der Waals surface area contributed by atoms with Gasteiger partial charge in [0.15, 0.2) is 0 Å². The largest absolute Gasteiger partial charge is 0.464 e. The van der Waals surface area contributed by atoms with Crippen LogP contribution in [-0.2, 0) is 14.3 Å². The third kappa shape index (κ3) is 6.39. The number of aliphatic hydroxyl groups excluding tert-OH is 1. The number of esters is 1. The van der Waals surface area contributed by atoms with Gasteiger partial charge in [-0.05, 0) is 13.3 Å². The molecule has 1 amide bonds. The molecule has 0 heterocycles. The predicted octanol–water partition coefficient (Wildman–Crippen LogP) is 1.02. The van der Waals surface area contributed by atoms with Crippen LogP contribution in [0, 0.1) is 5.41 Å². The summed E-state index contributed by atoms with van der Waals surface area (Å²) in [6.07, 6.45) is 3.61. The minimum absolute atomic E-state index is 0.000731. The fourth-order valence-electron chi connectivity index (χ4n) is 1.08. The Morgan fingerprint density at radius 3 is 2.44 bits per heavy atom. The van der Waals surface area contributed by atoms with Crippen LogP contribution < -0.4 is 5.32 Å². The number of ether oxygens (including phenoxy) is 1. The molecule has 0 saturated carbocycles. The van der Waals surface area contributed by atoms with Gasteiger partial charge in [0.05, 0.1) is 6.61 Å². The molecule has 0 radical (unpaired) electrons. The summed E-state index contributed by atoms with van der Waals surface area (Å²) in [5.41, 5.74) is -0.574. The maximum atomic E-state index is 11.8. The second-order valence-corrected chi connectivity index (χ2v) is 4.89. The molecule has 5 heteroatoms. The second kappa shape index (κ2) is 7.87. The minimum atomic E-state index is -0.803. The lowest BCUT2D eigenvalue weighted by Gasteiger charge is -2.21. The van der Waals surface area contributed by atoms with Gasteiger partial charge in [-0.15, -0.1) is 0 Å². The van der Waals surface area contributed by atoms with Crippen LogP contribution in [0.4, 0.5) is 0 Å². The first-order valence-corrected chi connectivity index (χ1v) is 6.08. The molecule has 1 unspecified atom stereocenters. The summed E-state index contributed by atoms with van der Waals surface area (Å²) in [4.78, 5) is 23.5. The molecular formula is C13H23NO4. The van der Waals surface area contributed by atoms with Crippen LogP contribution in [0.2, 0.25) is 0 Å². The lowest BCUT2D eigenvalue weighted by Crippen LogP contribution is -2.45. The van der Waals surface area contributed by atoms with Gasteiger partial charge >= 0.3 is 5.97 Å². The fourth-order valence-corrected chi connectivity index (χ4v) is 1.08. The molecule has 0 aliphatic carbocycles. The van der Waals surface area contributed by atoms with E-state index in [2.05, 4.69) is 5.32 Å². The zero-order chi connectivity index (χ0) is 14.2. The standard InChI is InChI=1S/C13H23NO4/c1-5-18-11(16)10(8-6-7-9-15)14-12(17)13(2,3)4/h6,8,10,15H,5,7,9H2,1-4H3,(H,14,17). The molecule has 1 atom stereocenters. The smallest absolute Gasteiger partial charge is 0.332 e. The number of carbonyl (C=O) groups excluding carboxylic acids is 2. The Kier molecular flexibility index (Phi) is 7.27. The van der Waals surface area contributed by atoms with E-state index in [0.717, 1.165) is 0 Å². The molecule has 0 spiro atoms. The summed E-state index contributed by atoms with van der Waals surface area (Å²) >= 11 is 0. The number of rotatable bonds is 6. The summed E-state index contributed by atoms with van der Waals surface area (Å²) in [6, 6.07) is -0.803. The highest BCUT2D eigenvalue weighted by Gasteiger charge is 2.26. The Hall–Kier alpha value is -1.36. The van der Waals surface area contributed by atoms with Crippen molar-refractivity contribution in [3.05, 3.63) is 12.2 Å². The first kappa shape index (κ1) is 16.6. The summed E-state index contributed by atoms with van der Waals surface area (Å²) < 4.78 is 4.88. The van der Waals surface area contributed by atoms with Gasteiger partial charge in [-0.2, -0.15) is 0 Å². The third-order valence-corrected chi connectivity index (χ3v) is 2.13. The lowest BCUT2D eigenvalue weighted by atomic mass is 9.95. The molecule has 0 aromatic rings. The quantitative estimate of drug-likeness (QED) is 0.550. The van der Waals surface area contributed by atoms with Crippen molar-refractivity contribution < 1.29 is 19.4 Å². The summed E-state index contributed by atoms with van der Waals surface area (Å²) in [5.74, 6) is -0.724. The lowest BCUT2D eigenvalue weighted by molar-refractivity contribution is -0.146. The molecule has 0 fully saturated rings. The Balaban J connectivity index is 4.66. The number of hydrogen-bond donors (Lipinski definition) is 2. The molecule has 0 bridgehead atoms. The van der Waals surface area contributed by atoms with Crippen LogP contribution in [0.5, 0.6) is 0 Å². The minimum Gasteiger partial charge on any atom is -0.464 e. The SMILES string of the molecule is CCOC(=O)C(C=CCCO)NC(=O)C(C)(C)C. The molecule has 0 rings (SSSR count). The van der Waals surface area contributed by atoms with Gasteiger partial charge in [-0.25, -0.2) is 4.79 Å². The summed E-state index contributed by atoms with van der Waals surface area (Å²) in [7, 11) is 0. The van der Waals surface area contributed by atoms with Crippen molar-refractivity contribution in [1.82, 2.24) is 5.32 Å². The fraction of sp³-hybridized carbons (Fsp3) is 0.692. The topological polar surface area (TPSA) is 75.6 Å². The molecule has 0 aliphatic heterocycles. The van der Waals surface area contributed by atoms with Crippen LogP contribution in [0.1, 0.15) is 34.1 Å². The molecular weight excluding hydrogens is 234 g/mol. The van der Waals surface area contributed by atoms with E-state index in [1.54, 1.807) is 33.8 Å². The summed E-state index contributed by atoms with van der Waals surface area (Å²) in [6.45, 7) is 7.26. The highest BCUT2D eigenvalue weighted by Crippen LogP contribution is 2.13. The molecule has 0 saturated heterocycles. The van der Waals surface area contributed by atoms with Crippen LogP contribution >= 0.6 is 0 Å². The van der Waals surface area contributed by atoms with E-state index in [0.29, 0.717) is 6.42 Å². The molecule has 5 nitrogen and oxygen atoms in total. The molecule has 2 N–H and O–H groups in total. The number of nitrogens with one attached hydrogen (secondary N) is 1. The van der Waals surface area contributed by atoms with Crippen molar-refractivity contribution in [2.45, 2.75) is 40.2 Å². The van der Waals surface area contributed by atoms with Gasteiger partial charge in [0, 0.05) is 12.0 Å². The van der Waals surface area contributed by atoms with E-state index in [9.17, 15) is 9.59 Å². The van der Waals surface area contributed by atoms with E-state index in [-0.39, 0.29) is 19.1 Å². The number of amides is 1. The number of carbonyl (C=O) groups is 2. The average Bonchev–Trinajstić information content (AvgIpc) is 2.26. The van der Waals surface area contributed by atoms with Crippen molar-refractivity contribution in [3.63, 3.8) is 0 Å². The Labute approximate surface area is 108 Å². The van der Waals surface area contributed by atoms with Crippen LogP contribution in [0.3, 0.4) is 0 Å². The molecule has 104 valence electrons. The van der Waals surface area contributed by atoms with Gasteiger partial charge in [0.1, 0.15) is 6.04 Å². The van der Waals surface area contributed by atoms with E-state index < -0.39 is 17.4 Å². The highest BCUT2D eigenvalue weighted by atomic mass is 16.5. The van der Waals surface area contributed by atoms with E-state index in [4.69, 9.17) is 9.84 Å². The maximum Gasteiger partial charge on any atom is 0.332 e. The van der Waals surface area contributed by atoms with Crippen LogP contribution in [0.25, 0.3) is 0 Å². The Morgan fingerprint density at radius 2 is 2.00 bits per heavy atom. The van der Waals surface area contributed by atoms with Crippen LogP contribution in [0.15, 0.2) is 12.2 Å². The van der Waals surface area contributed by atoms with Gasteiger partial charge in [0.25, 0.3) is 0 Å². The highest BCUT2D eigenvalue weighted by molar-refractivity contribution is 5.88. The number of aliphatic hydroxyl groups is 1. The maximum absolute atomic E-state index is 11.8. The van der Waals surface area contributed by atoms with E-state index in [1.807, 2.05) is 0 Å². The zero-order valence-electron chi connectivity index (χ0n) is 11.5. The van der Waals surface area contributed by atoms with E-state index >= 15 is 0 Å². The predicted molar refractivity (Wildman–Crippen MR) is 68.9 cm³/mol. The van der Waals surface area contributed by atoms with Crippen molar-refractivity contribution in [3.8, 4) is 0 Å². The average molecular weight is 257 g/mol. The molecule has 0 aliphatic rings. The van der Waals surface area contributed by atoms with Crippen molar-refractivity contribution in [1.29, 1.82) is 0 Å². The zero-order valence-corrected chi connectivity index (χ0v) is 11.5. The first-order chi connectivity index (χ1) is 8.32. The summed E-state index contributed by atoms with van der Waals surface area (Å²) in [5, 5.41) is 11.3. The van der Waals surface area contributed by atoms with E-state index in [1.165, 1.54) is 6.08 Å². The number of hydrogen-bond acceptors (Lipinski definition) is 4. The van der Waals surface area contributed by atoms with Gasteiger partial charge in [-0.1, -0.05) is 32.9 Å². The first-order valence-electron chi connectivity index (χ1n) is 6.08. The molecule has 0 aromatic carbocycles. The van der Waals surface area contributed by atoms with Gasteiger partial charge in [-0.3, -0.25) is 4.79 Å². The van der Waals surface area contributed by atoms with Gasteiger partial charge < -0.3 is 15.2 Å². The van der Waals surface area contributed by atoms with Crippen molar-refractivity contribution >= 4 is 11.9 Å². The Morgan fingerprint density at radius 1 is 1.39 bits per heavy atom. The third-order valence-electron chi connectivity index (χ3n) is 2.13. The van der Waals surface area contributed by atoms with Crippen molar-refractivity contribution in [2.24, 2.45) is 5.41 Å². The van der Waals surface area contributed by atoms with Crippen LogP contribution in [-0.4, -0.2) is 36.2 Å². The molecule has 0 aromatic heterocycles. The second-order valence-electron chi connectivity index (χ2n) is 4.89. The Bertz CT molecular complexity index is 305. The van der Waals surface area contributed by atoms with Gasteiger partial charge in [0.2, 0.25) is 5.91 Å². The van der Waals surface area contributed by atoms with Crippen molar-refractivity contribution in [2.75, 3.05) is 13.2 Å².